The molecule has 7 heteroatoms. The van der Waals surface area contributed by atoms with E-state index in [9.17, 15) is 4.79 Å². The molecule has 0 bridgehead atoms. The highest BCUT2D eigenvalue weighted by Gasteiger charge is 2.14. The first kappa shape index (κ1) is 15.1. The Balaban J connectivity index is 1.85. The number of nitrogens with one attached hydrogen (secondary N) is 1. The van der Waals surface area contributed by atoms with E-state index < -0.39 is 0 Å². The molecule has 0 aliphatic carbocycles. The van der Waals surface area contributed by atoms with Crippen molar-refractivity contribution in [2.75, 3.05) is 5.32 Å². The van der Waals surface area contributed by atoms with Crippen LogP contribution in [-0.4, -0.2) is 19.2 Å². The molecule has 0 radical (unpaired) electrons. The molecular formula is C17H14IN5O. The Morgan fingerprint density at radius 1 is 1.08 bits per heavy atom. The molecule has 0 unspecified atom stereocenters. The van der Waals surface area contributed by atoms with Crippen molar-refractivity contribution in [3.05, 3.63) is 68.3 Å². The summed E-state index contributed by atoms with van der Waals surface area (Å²) in [4.78, 5) is 12.4. The van der Waals surface area contributed by atoms with Crippen LogP contribution in [0.1, 0.15) is 5.82 Å². The Labute approximate surface area is 151 Å². The molecule has 24 heavy (non-hydrogen) atoms. The summed E-state index contributed by atoms with van der Waals surface area (Å²) < 4.78 is 4.60. The van der Waals surface area contributed by atoms with E-state index in [0.29, 0.717) is 17.7 Å². The minimum atomic E-state index is -0.0670. The number of fused-ring (bicyclic) bond motifs is 3. The summed E-state index contributed by atoms with van der Waals surface area (Å²) in [5.41, 5.74) is 1.80. The average Bonchev–Trinajstić information content (AvgIpc) is 3.03. The lowest BCUT2D eigenvalue weighted by Gasteiger charge is -2.10. The number of aromatic nitrogens is 4. The Kier molecular flexibility index (Phi) is 3.72. The first-order valence-corrected chi connectivity index (χ1v) is 8.55. The third kappa shape index (κ3) is 2.35. The zero-order chi connectivity index (χ0) is 16.7. The molecule has 6 nitrogen and oxygen atoms in total. The molecule has 4 aromatic rings. The molecule has 0 atom stereocenters. The van der Waals surface area contributed by atoms with Crippen LogP contribution in [0.4, 0.5) is 5.69 Å². The molecule has 2 aromatic heterocycles. The lowest BCUT2D eigenvalue weighted by Crippen LogP contribution is -2.20. The summed E-state index contributed by atoms with van der Waals surface area (Å²) >= 11 is 2.29. The topological polar surface area (TPSA) is 64.2 Å². The van der Waals surface area contributed by atoms with Crippen LogP contribution in [0, 0.1) is 3.57 Å². The van der Waals surface area contributed by atoms with Gasteiger partial charge < -0.3 is 5.32 Å². The van der Waals surface area contributed by atoms with Crippen LogP contribution in [0.15, 0.2) is 53.3 Å². The smallest absolute Gasteiger partial charge is 0.262 e. The number of benzene rings is 2. The Morgan fingerprint density at radius 2 is 1.83 bits per heavy atom. The van der Waals surface area contributed by atoms with Crippen LogP contribution >= 0.6 is 22.6 Å². The first-order valence-electron chi connectivity index (χ1n) is 7.47. The van der Waals surface area contributed by atoms with E-state index in [1.807, 2.05) is 52.9 Å². The largest absolute Gasteiger partial charge is 0.377 e. The summed E-state index contributed by atoms with van der Waals surface area (Å²) in [6, 6.07) is 15.6. The number of hydrogen-bond acceptors (Lipinski definition) is 4. The van der Waals surface area contributed by atoms with Gasteiger partial charge in [0.05, 0.1) is 17.4 Å². The molecule has 0 fully saturated rings. The standard InChI is InChI=1S/C17H14IN5O/c1-22-16(24)11-6-2-5-9-14(11)23-15(20-21-17(22)23)10-19-13-8-4-3-7-12(13)18/h2-9,19H,10H2,1H3. The fourth-order valence-corrected chi connectivity index (χ4v) is 3.36. The van der Waals surface area contributed by atoms with Gasteiger partial charge in [-0.2, -0.15) is 0 Å². The highest BCUT2D eigenvalue weighted by atomic mass is 127. The minimum Gasteiger partial charge on any atom is -0.377 e. The third-order valence-corrected chi connectivity index (χ3v) is 4.94. The number of hydrogen-bond donors (Lipinski definition) is 1. The molecule has 0 saturated heterocycles. The van der Waals surface area contributed by atoms with Crippen molar-refractivity contribution in [3.8, 4) is 0 Å². The lowest BCUT2D eigenvalue weighted by atomic mass is 10.2. The van der Waals surface area contributed by atoms with Gasteiger partial charge >= 0.3 is 0 Å². The van der Waals surface area contributed by atoms with E-state index in [4.69, 9.17) is 0 Å². The van der Waals surface area contributed by atoms with Gasteiger partial charge in [-0.1, -0.05) is 24.3 Å². The molecule has 0 aliphatic heterocycles. The minimum absolute atomic E-state index is 0.0670. The van der Waals surface area contributed by atoms with Gasteiger partial charge in [-0.15, -0.1) is 10.2 Å². The molecule has 0 saturated carbocycles. The van der Waals surface area contributed by atoms with Crippen molar-refractivity contribution in [1.82, 2.24) is 19.2 Å². The van der Waals surface area contributed by atoms with Gasteiger partial charge in [0, 0.05) is 16.3 Å². The number of halogens is 1. The quantitative estimate of drug-likeness (QED) is 0.507. The van der Waals surface area contributed by atoms with Gasteiger partial charge in [-0.05, 0) is 46.9 Å². The van der Waals surface area contributed by atoms with Crippen LogP contribution in [0.2, 0.25) is 0 Å². The normalized spacial score (nSPS) is 11.2. The molecule has 1 N–H and O–H groups in total. The maximum atomic E-state index is 12.4. The third-order valence-electron chi connectivity index (χ3n) is 4.00. The van der Waals surface area contributed by atoms with E-state index in [1.54, 1.807) is 7.05 Å². The highest BCUT2D eigenvalue weighted by Crippen LogP contribution is 2.19. The summed E-state index contributed by atoms with van der Waals surface area (Å²) in [6.07, 6.45) is 0. The molecule has 0 aliphatic rings. The zero-order valence-electron chi connectivity index (χ0n) is 12.9. The van der Waals surface area contributed by atoms with Crippen molar-refractivity contribution in [1.29, 1.82) is 0 Å². The first-order chi connectivity index (χ1) is 11.7. The number of anilines is 1. The van der Waals surface area contributed by atoms with Gasteiger partial charge in [-0.25, -0.2) is 0 Å². The summed E-state index contributed by atoms with van der Waals surface area (Å²) in [7, 11) is 1.72. The summed E-state index contributed by atoms with van der Waals surface area (Å²) in [5, 5.41) is 12.5. The second-order valence-electron chi connectivity index (χ2n) is 5.47. The van der Waals surface area contributed by atoms with Crippen molar-refractivity contribution < 1.29 is 0 Å². The van der Waals surface area contributed by atoms with Gasteiger partial charge in [-0.3, -0.25) is 13.8 Å². The van der Waals surface area contributed by atoms with Crippen LogP contribution in [0.5, 0.6) is 0 Å². The summed E-state index contributed by atoms with van der Waals surface area (Å²) in [6.45, 7) is 0.517. The van der Waals surface area contributed by atoms with E-state index >= 15 is 0 Å². The highest BCUT2D eigenvalue weighted by molar-refractivity contribution is 14.1. The fourth-order valence-electron chi connectivity index (χ4n) is 2.79. The van der Waals surface area contributed by atoms with Gasteiger partial charge in [0.1, 0.15) is 0 Å². The van der Waals surface area contributed by atoms with Crippen LogP contribution < -0.4 is 10.9 Å². The zero-order valence-corrected chi connectivity index (χ0v) is 15.1. The van der Waals surface area contributed by atoms with E-state index in [2.05, 4.69) is 38.1 Å². The van der Waals surface area contributed by atoms with Gasteiger partial charge in [0.15, 0.2) is 5.82 Å². The SMILES string of the molecule is Cn1c(=O)c2ccccc2n2c(CNc3ccccc3I)nnc12. The monoisotopic (exact) mass is 431 g/mol. The Hall–Kier alpha value is -2.42. The molecule has 120 valence electrons. The predicted octanol–water partition coefficient (Wildman–Crippen LogP) is 2.80. The molecule has 0 spiro atoms. The molecule has 2 heterocycles. The van der Waals surface area contributed by atoms with Crippen molar-refractivity contribution in [3.63, 3.8) is 0 Å². The molecular weight excluding hydrogens is 417 g/mol. The fraction of sp³-hybridized carbons (Fsp3) is 0.118. The number of aryl methyl sites for hydroxylation is 1. The van der Waals surface area contributed by atoms with Crippen molar-refractivity contribution in [2.45, 2.75) is 6.54 Å². The van der Waals surface area contributed by atoms with Crippen molar-refractivity contribution in [2.24, 2.45) is 7.05 Å². The molecule has 0 amide bonds. The van der Waals surface area contributed by atoms with E-state index in [0.717, 1.165) is 20.6 Å². The van der Waals surface area contributed by atoms with Crippen LogP contribution in [0.3, 0.4) is 0 Å². The second-order valence-corrected chi connectivity index (χ2v) is 6.63. The molecule has 4 rings (SSSR count). The summed E-state index contributed by atoms with van der Waals surface area (Å²) in [5.74, 6) is 1.30. The van der Waals surface area contributed by atoms with E-state index in [-0.39, 0.29) is 5.56 Å². The molecule has 2 aromatic carbocycles. The second kappa shape index (κ2) is 5.90. The maximum Gasteiger partial charge on any atom is 0.262 e. The van der Waals surface area contributed by atoms with Crippen LogP contribution in [0.25, 0.3) is 16.7 Å². The Bertz CT molecular complexity index is 1120. The maximum absolute atomic E-state index is 12.4. The van der Waals surface area contributed by atoms with Gasteiger partial charge in [0.2, 0.25) is 5.78 Å². The lowest BCUT2D eigenvalue weighted by molar-refractivity contribution is 0.855. The van der Waals surface area contributed by atoms with Crippen molar-refractivity contribution >= 4 is 45.0 Å². The number of nitrogens with zero attached hydrogens (tertiary/aromatic N) is 4. The predicted molar refractivity (Wildman–Crippen MR) is 102 cm³/mol. The average molecular weight is 431 g/mol. The Morgan fingerprint density at radius 3 is 2.67 bits per heavy atom. The van der Waals surface area contributed by atoms with Gasteiger partial charge in [0.25, 0.3) is 5.56 Å². The number of rotatable bonds is 3. The van der Waals surface area contributed by atoms with E-state index in [1.165, 1.54) is 4.57 Å². The number of para-hydroxylation sites is 2. The van der Waals surface area contributed by atoms with Crippen LogP contribution in [-0.2, 0) is 13.6 Å².